The van der Waals surface area contributed by atoms with Gasteiger partial charge in [0.05, 0.1) is 7.11 Å². The second-order valence-corrected chi connectivity index (χ2v) is 4.52. The van der Waals surface area contributed by atoms with Gasteiger partial charge in [-0.15, -0.1) is 0 Å². The van der Waals surface area contributed by atoms with Crippen molar-refractivity contribution in [3.63, 3.8) is 0 Å². The predicted octanol–water partition coefficient (Wildman–Crippen LogP) is 2.45. The lowest BCUT2D eigenvalue weighted by molar-refractivity contribution is 0.411. The number of benzene rings is 1. The van der Waals surface area contributed by atoms with E-state index in [2.05, 4.69) is 43.9 Å². The van der Waals surface area contributed by atoms with Crippen LogP contribution in [0.15, 0.2) is 24.3 Å². The lowest BCUT2D eigenvalue weighted by atomic mass is 9.84. The summed E-state index contributed by atoms with van der Waals surface area (Å²) in [6.07, 6.45) is 0. The SMILES string of the molecule is COc1cccc(C(C)(C)CNCS)c1. The molecule has 0 atom stereocenters. The van der Waals surface area contributed by atoms with E-state index < -0.39 is 0 Å². The Kier molecular flexibility index (Phi) is 4.48. The van der Waals surface area contributed by atoms with Crippen molar-refractivity contribution < 1.29 is 4.74 Å². The second kappa shape index (κ2) is 5.42. The summed E-state index contributed by atoms with van der Waals surface area (Å²) in [6.45, 7) is 5.32. The Labute approximate surface area is 97.4 Å². The van der Waals surface area contributed by atoms with Crippen molar-refractivity contribution in [2.45, 2.75) is 19.3 Å². The summed E-state index contributed by atoms with van der Waals surface area (Å²) in [4.78, 5) is 0. The van der Waals surface area contributed by atoms with Gasteiger partial charge in [0.1, 0.15) is 5.75 Å². The lowest BCUT2D eigenvalue weighted by Crippen LogP contribution is -2.32. The molecule has 1 N–H and O–H groups in total. The van der Waals surface area contributed by atoms with Gasteiger partial charge in [-0.1, -0.05) is 26.0 Å². The zero-order valence-corrected chi connectivity index (χ0v) is 10.5. The summed E-state index contributed by atoms with van der Waals surface area (Å²) in [5.41, 5.74) is 1.37. The van der Waals surface area contributed by atoms with Crippen LogP contribution in [0.5, 0.6) is 5.75 Å². The number of rotatable bonds is 5. The molecule has 0 aromatic heterocycles. The topological polar surface area (TPSA) is 21.3 Å². The lowest BCUT2D eigenvalue weighted by Gasteiger charge is -2.25. The van der Waals surface area contributed by atoms with Gasteiger partial charge in [-0.2, -0.15) is 12.6 Å². The number of thiol groups is 1. The monoisotopic (exact) mass is 225 g/mol. The highest BCUT2D eigenvalue weighted by molar-refractivity contribution is 7.80. The third kappa shape index (κ3) is 3.43. The molecule has 1 aromatic carbocycles. The van der Waals surface area contributed by atoms with E-state index in [4.69, 9.17) is 4.74 Å². The Balaban J connectivity index is 2.83. The van der Waals surface area contributed by atoms with Crippen LogP contribution >= 0.6 is 12.6 Å². The summed E-state index contributed by atoms with van der Waals surface area (Å²) < 4.78 is 5.22. The molecule has 0 heterocycles. The second-order valence-electron chi connectivity index (χ2n) is 4.20. The molecular formula is C12H19NOS. The molecule has 1 aromatic rings. The fraction of sp³-hybridized carbons (Fsp3) is 0.500. The van der Waals surface area contributed by atoms with Crippen molar-refractivity contribution >= 4 is 12.6 Å². The van der Waals surface area contributed by atoms with Gasteiger partial charge in [-0.25, -0.2) is 0 Å². The van der Waals surface area contributed by atoms with Crippen LogP contribution < -0.4 is 10.1 Å². The summed E-state index contributed by atoms with van der Waals surface area (Å²) in [6, 6.07) is 8.20. The first kappa shape index (κ1) is 12.4. The molecule has 15 heavy (non-hydrogen) atoms. The number of methoxy groups -OCH3 is 1. The molecule has 3 heteroatoms. The van der Waals surface area contributed by atoms with Gasteiger partial charge in [0, 0.05) is 17.8 Å². The minimum Gasteiger partial charge on any atom is -0.497 e. The molecular weight excluding hydrogens is 206 g/mol. The summed E-state index contributed by atoms with van der Waals surface area (Å²) in [5.74, 6) is 1.61. The Morgan fingerprint density at radius 2 is 2.13 bits per heavy atom. The zero-order chi connectivity index (χ0) is 11.3. The van der Waals surface area contributed by atoms with Crippen LogP contribution in [-0.2, 0) is 5.41 Å². The highest BCUT2D eigenvalue weighted by atomic mass is 32.1. The Bertz CT molecular complexity index is 312. The fourth-order valence-corrected chi connectivity index (χ4v) is 1.63. The first-order valence-corrected chi connectivity index (χ1v) is 5.69. The Hall–Kier alpha value is -0.670. The van der Waals surface area contributed by atoms with E-state index in [1.165, 1.54) is 5.56 Å². The van der Waals surface area contributed by atoms with Crippen molar-refractivity contribution in [2.24, 2.45) is 0 Å². The molecule has 0 bridgehead atoms. The van der Waals surface area contributed by atoms with Crippen LogP contribution in [0.4, 0.5) is 0 Å². The van der Waals surface area contributed by atoms with Crippen molar-refractivity contribution in [1.82, 2.24) is 5.32 Å². The average Bonchev–Trinajstić information content (AvgIpc) is 2.26. The molecule has 0 aliphatic rings. The van der Waals surface area contributed by atoms with Crippen LogP contribution in [0.3, 0.4) is 0 Å². The van der Waals surface area contributed by atoms with E-state index in [0.29, 0.717) is 5.88 Å². The maximum Gasteiger partial charge on any atom is 0.119 e. The average molecular weight is 225 g/mol. The number of ether oxygens (including phenoxy) is 1. The molecule has 0 saturated heterocycles. The van der Waals surface area contributed by atoms with E-state index >= 15 is 0 Å². The minimum absolute atomic E-state index is 0.0945. The largest absolute Gasteiger partial charge is 0.497 e. The van der Waals surface area contributed by atoms with Gasteiger partial charge >= 0.3 is 0 Å². The molecule has 0 unspecified atom stereocenters. The molecule has 1 rings (SSSR count). The predicted molar refractivity (Wildman–Crippen MR) is 67.9 cm³/mol. The van der Waals surface area contributed by atoms with E-state index in [9.17, 15) is 0 Å². The van der Waals surface area contributed by atoms with Gasteiger partial charge in [0.25, 0.3) is 0 Å². The Morgan fingerprint density at radius 1 is 1.40 bits per heavy atom. The van der Waals surface area contributed by atoms with Gasteiger partial charge in [-0.05, 0) is 17.7 Å². The number of hydrogen-bond acceptors (Lipinski definition) is 3. The van der Waals surface area contributed by atoms with E-state index in [-0.39, 0.29) is 5.41 Å². The van der Waals surface area contributed by atoms with Crippen LogP contribution in [-0.4, -0.2) is 19.5 Å². The molecule has 0 amide bonds. The number of nitrogens with one attached hydrogen (secondary N) is 1. The van der Waals surface area contributed by atoms with Gasteiger partial charge in [0.2, 0.25) is 0 Å². The maximum atomic E-state index is 5.22. The molecule has 2 nitrogen and oxygen atoms in total. The molecule has 0 aliphatic heterocycles. The van der Waals surface area contributed by atoms with Crippen LogP contribution in [0.25, 0.3) is 0 Å². The van der Waals surface area contributed by atoms with E-state index in [1.54, 1.807) is 7.11 Å². The fourth-order valence-electron chi connectivity index (χ4n) is 1.51. The van der Waals surface area contributed by atoms with Crippen LogP contribution in [0.1, 0.15) is 19.4 Å². The normalized spacial score (nSPS) is 11.5. The molecule has 0 aliphatic carbocycles. The first-order valence-electron chi connectivity index (χ1n) is 5.06. The minimum atomic E-state index is 0.0945. The quantitative estimate of drug-likeness (QED) is 0.593. The van der Waals surface area contributed by atoms with Crippen molar-refractivity contribution in [3.05, 3.63) is 29.8 Å². The highest BCUT2D eigenvalue weighted by Gasteiger charge is 2.20. The van der Waals surface area contributed by atoms with Crippen molar-refractivity contribution in [3.8, 4) is 5.75 Å². The standard InChI is InChI=1S/C12H19NOS/c1-12(2,8-13-9-15)10-5-4-6-11(7-10)14-3/h4-7,13,15H,8-9H2,1-3H3. The first-order chi connectivity index (χ1) is 7.10. The maximum absolute atomic E-state index is 5.22. The molecule has 0 fully saturated rings. The summed E-state index contributed by atoms with van der Waals surface area (Å²) in [7, 11) is 1.69. The molecule has 0 spiro atoms. The van der Waals surface area contributed by atoms with Gasteiger partial charge in [0.15, 0.2) is 0 Å². The third-order valence-corrected chi connectivity index (χ3v) is 2.75. The van der Waals surface area contributed by atoms with E-state index in [1.807, 2.05) is 12.1 Å². The van der Waals surface area contributed by atoms with Crippen molar-refractivity contribution in [1.29, 1.82) is 0 Å². The van der Waals surface area contributed by atoms with Gasteiger partial charge in [-0.3, -0.25) is 0 Å². The third-order valence-electron chi connectivity index (χ3n) is 2.53. The summed E-state index contributed by atoms with van der Waals surface area (Å²) in [5, 5.41) is 3.25. The number of hydrogen-bond donors (Lipinski definition) is 2. The van der Waals surface area contributed by atoms with Crippen LogP contribution in [0, 0.1) is 0 Å². The smallest absolute Gasteiger partial charge is 0.119 e. The highest BCUT2D eigenvalue weighted by Crippen LogP contribution is 2.25. The molecule has 84 valence electrons. The zero-order valence-electron chi connectivity index (χ0n) is 9.58. The molecule has 0 saturated carbocycles. The van der Waals surface area contributed by atoms with Crippen molar-refractivity contribution in [2.75, 3.05) is 19.5 Å². The van der Waals surface area contributed by atoms with Gasteiger partial charge < -0.3 is 10.1 Å². The summed E-state index contributed by atoms with van der Waals surface area (Å²) >= 11 is 4.15. The van der Waals surface area contributed by atoms with E-state index in [0.717, 1.165) is 12.3 Å². The van der Waals surface area contributed by atoms with Crippen LogP contribution in [0.2, 0.25) is 0 Å². The molecule has 0 radical (unpaired) electrons. The Morgan fingerprint density at radius 3 is 2.73 bits per heavy atom.